The van der Waals surface area contributed by atoms with E-state index in [0.717, 1.165) is 0 Å². The van der Waals surface area contributed by atoms with Crippen molar-refractivity contribution in [1.29, 1.82) is 0 Å². The molecule has 0 spiro atoms. The molecule has 2 aromatic rings. The van der Waals surface area contributed by atoms with Gasteiger partial charge in [-0.25, -0.2) is 0 Å². The molecule has 0 bridgehead atoms. The first kappa shape index (κ1) is 26.6. The van der Waals surface area contributed by atoms with Crippen LogP contribution in [0.5, 0.6) is 0 Å². The normalized spacial score (nSPS) is 14.3. The highest BCUT2D eigenvalue weighted by molar-refractivity contribution is 5.13. The molecule has 2 heteroatoms. The summed E-state index contributed by atoms with van der Waals surface area (Å²) in [5.74, 6) is 1.26. The summed E-state index contributed by atoms with van der Waals surface area (Å²) < 4.78 is 4.83. The molecule has 2 atom stereocenters. The maximum atomic E-state index is 2.42. The second kappa shape index (κ2) is 15.2. The predicted octanol–water partition coefficient (Wildman–Crippen LogP) is 8.26. The van der Waals surface area contributed by atoms with E-state index in [1.807, 2.05) is 0 Å². The van der Waals surface area contributed by atoms with Gasteiger partial charge < -0.3 is 0 Å². The van der Waals surface area contributed by atoms with E-state index in [9.17, 15) is 0 Å². The molecule has 32 heavy (non-hydrogen) atoms. The molecule has 0 amide bonds. The maximum Gasteiger partial charge on any atom is 0.352 e. The van der Waals surface area contributed by atoms with Crippen molar-refractivity contribution in [1.82, 2.24) is 0 Å². The number of hydrogen-bond acceptors (Lipinski definition) is 0. The molecule has 2 rings (SSSR count). The molecule has 0 saturated heterocycles. The van der Waals surface area contributed by atoms with Crippen LogP contribution in [0.3, 0.4) is 0 Å². The third-order valence-corrected chi connectivity index (χ3v) is 7.37. The van der Waals surface area contributed by atoms with Gasteiger partial charge in [0.25, 0.3) is 0 Å². The lowest BCUT2D eigenvalue weighted by Crippen LogP contribution is -2.56. The average Bonchev–Trinajstić information content (AvgIpc) is 2.84. The van der Waals surface area contributed by atoms with Crippen molar-refractivity contribution in [2.75, 3.05) is 0 Å². The van der Waals surface area contributed by atoms with Crippen LogP contribution in [0.1, 0.15) is 141 Å². The Morgan fingerprint density at radius 3 is 1.31 bits per heavy atom. The van der Waals surface area contributed by atoms with Gasteiger partial charge in [0.15, 0.2) is 24.8 Å². The first-order valence-electron chi connectivity index (χ1n) is 13.6. The smallest absolute Gasteiger partial charge is 0.144 e. The number of aromatic nitrogens is 2. The van der Waals surface area contributed by atoms with Crippen molar-refractivity contribution in [2.24, 2.45) is 0 Å². The van der Waals surface area contributed by atoms with Crippen LogP contribution < -0.4 is 9.13 Å². The molecular formula is C30H50N2+2. The first-order valence-corrected chi connectivity index (χ1v) is 13.6. The van der Waals surface area contributed by atoms with Crippen LogP contribution in [0.15, 0.2) is 49.1 Å². The van der Waals surface area contributed by atoms with Crippen LogP contribution in [0.25, 0.3) is 0 Å². The minimum atomic E-state index is 0.358. The molecule has 0 aromatic carbocycles. The minimum absolute atomic E-state index is 0.358. The summed E-state index contributed by atoms with van der Waals surface area (Å²) >= 11 is 0. The van der Waals surface area contributed by atoms with Gasteiger partial charge in [0.05, 0.1) is 6.42 Å². The quantitative estimate of drug-likeness (QED) is 0.184. The average molecular weight is 439 g/mol. The Bertz CT molecular complexity index is 666. The zero-order valence-corrected chi connectivity index (χ0v) is 21.7. The Hall–Kier alpha value is -1.70. The summed E-state index contributed by atoms with van der Waals surface area (Å²) in [4.78, 5) is 0. The molecule has 2 nitrogen and oxygen atoms in total. The van der Waals surface area contributed by atoms with Gasteiger partial charge in [-0.1, -0.05) is 86.0 Å². The van der Waals surface area contributed by atoms with E-state index in [-0.39, 0.29) is 0 Å². The van der Waals surface area contributed by atoms with E-state index >= 15 is 0 Å². The topological polar surface area (TPSA) is 7.76 Å². The molecule has 0 radical (unpaired) electrons. The molecule has 0 aliphatic carbocycles. The standard InChI is InChI=1S/C30H50N2/c1-6-9-10-11-12-13-14-15-16-17-30(31-22-18-28(19-23-31)26(4)7-2)32-24-20-29(21-25-32)27(5)8-3/h18-27,30H,6-17H2,1-5H3/q+2. The van der Waals surface area contributed by atoms with Gasteiger partial charge in [-0.05, 0) is 42.2 Å². The van der Waals surface area contributed by atoms with Gasteiger partial charge in [-0.15, -0.1) is 9.13 Å². The molecule has 0 N–H and O–H groups in total. The zero-order valence-electron chi connectivity index (χ0n) is 21.7. The van der Waals surface area contributed by atoms with Gasteiger partial charge in [0, 0.05) is 24.3 Å². The maximum absolute atomic E-state index is 2.42. The zero-order chi connectivity index (χ0) is 23.2. The van der Waals surface area contributed by atoms with Gasteiger partial charge >= 0.3 is 6.17 Å². The molecule has 0 saturated carbocycles. The van der Waals surface area contributed by atoms with E-state index in [1.165, 1.54) is 88.2 Å². The molecule has 0 fully saturated rings. The fourth-order valence-electron chi connectivity index (χ4n) is 4.51. The Kier molecular flexibility index (Phi) is 12.6. The Labute approximate surface area is 199 Å². The lowest BCUT2D eigenvalue weighted by Gasteiger charge is -2.12. The van der Waals surface area contributed by atoms with Crippen molar-refractivity contribution in [2.45, 2.75) is 130 Å². The molecule has 2 aromatic heterocycles. The lowest BCUT2D eigenvalue weighted by molar-refractivity contribution is -0.945. The van der Waals surface area contributed by atoms with Crippen LogP contribution in [0, 0.1) is 0 Å². The van der Waals surface area contributed by atoms with Crippen molar-refractivity contribution in [3.63, 3.8) is 0 Å². The van der Waals surface area contributed by atoms with Gasteiger partial charge in [0.1, 0.15) is 0 Å². The highest BCUT2D eigenvalue weighted by atomic mass is 15.2. The van der Waals surface area contributed by atoms with E-state index in [4.69, 9.17) is 0 Å². The molecular weight excluding hydrogens is 388 g/mol. The Balaban J connectivity index is 2.00. The van der Waals surface area contributed by atoms with Crippen LogP contribution in [-0.4, -0.2) is 0 Å². The van der Waals surface area contributed by atoms with Crippen molar-refractivity contribution >= 4 is 0 Å². The molecule has 0 aliphatic rings. The highest BCUT2D eigenvalue weighted by Crippen LogP contribution is 2.19. The summed E-state index contributed by atoms with van der Waals surface area (Å²) in [6.45, 7) is 11.5. The van der Waals surface area contributed by atoms with Gasteiger partial charge in [0.2, 0.25) is 0 Å². The van der Waals surface area contributed by atoms with Crippen molar-refractivity contribution in [3.05, 3.63) is 60.2 Å². The van der Waals surface area contributed by atoms with Crippen molar-refractivity contribution < 1.29 is 9.13 Å². The summed E-state index contributed by atoms with van der Waals surface area (Å²) in [7, 11) is 0. The Morgan fingerprint density at radius 1 is 0.562 bits per heavy atom. The van der Waals surface area contributed by atoms with Crippen LogP contribution in [-0.2, 0) is 0 Å². The molecule has 178 valence electrons. The second-order valence-corrected chi connectivity index (χ2v) is 9.87. The number of hydrogen-bond donors (Lipinski definition) is 0. The summed E-state index contributed by atoms with van der Waals surface area (Å²) in [6.07, 6.45) is 25.6. The highest BCUT2D eigenvalue weighted by Gasteiger charge is 2.27. The predicted molar refractivity (Wildman–Crippen MR) is 137 cm³/mol. The van der Waals surface area contributed by atoms with E-state index in [2.05, 4.69) is 92.8 Å². The summed E-state index contributed by atoms with van der Waals surface area (Å²) in [5, 5.41) is 0. The SMILES string of the molecule is CCCCCCCCCCCC([n+]1ccc(C(C)CC)cc1)[n+]1ccc(C(C)CC)cc1. The summed E-state index contributed by atoms with van der Waals surface area (Å²) in [6, 6.07) is 9.30. The minimum Gasteiger partial charge on any atom is -0.144 e. The third kappa shape index (κ3) is 8.68. The largest absolute Gasteiger partial charge is 0.352 e. The van der Waals surface area contributed by atoms with E-state index in [1.54, 1.807) is 0 Å². The number of unbranched alkanes of at least 4 members (excludes halogenated alkanes) is 8. The summed E-state index contributed by atoms with van der Waals surface area (Å²) in [5.41, 5.74) is 2.89. The number of rotatable bonds is 16. The molecule has 0 aliphatic heterocycles. The Morgan fingerprint density at radius 2 is 0.938 bits per heavy atom. The number of nitrogens with zero attached hydrogens (tertiary/aromatic N) is 2. The second-order valence-electron chi connectivity index (χ2n) is 9.87. The van der Waals surface area contributed by atoms with E-state index in [0.29, 0.717) is 18.0 Å². The monoisotopic (exact) mass is 438 g/mol. The number of pyridine rings is 2. The lowest BCUT2D eigenvalue weighted by atomic mass is 10.00. The molecule has 2 heterocycles. The van der Waals surface area contributed by atoms with Gasteiger partial charge in [-0.2, -0.15) is 0 Å². The van der Waals surface area contributed by atoms with Crippen LogP contribution in [0.4, 0.5) is 0 Å². The van der Waals surface area contributed by atoms with Crippen molar-refractivity contribution in [3.8, 4) is 0 Å². The first-order chi connectivity index (χ1) is 15.6. The van der Waals surface area contributed by atoms with Crippen LogP contribution in [0.2, 0.25) is 0 Å². The van der Waals surface area contributed by atoms with Gasteiger partial charge in [-0.3, -0.25) is 0 Å². The molecule has 2 unspecified atom stereocenters. The third-order valence-electron chi connectivity index (χ3n) is 7.37. The fraction of sp³-hybridized carbons (Fsp3) is 0.667. The fourth-order valence-corrected chi connectivity index (χ4v) is 4.51. The van der Waals surface area contributed by atoms with Crippen LogP contribution >= 0.6 is 0 Å². The van der Waals surface area contributed by atoms with E-state index < -0.39 is 0 Å².